The number of H-pyrrole nitrogens is 1. The lowest BCUT2D eigenvalue weighted by atomic mass is 9.88. The fourth-order valence-electron chi connectivity index (χ4n) is 3.70. The van der Waals surface area contributed by atoms with E-state index in [-0.39, 0.29) is 11.8 Å². The van der Waals surface area contributed by atoms with Gasteiger partial charge in [-0.2, -0.15) is 0 Å². The van der Waals surface area contributed by atoms with Crippen molar-refractivity contribution in [2.75, 3.05) is 20.2 Å². The summed E-state index contributed by atoms with van der Waals surface area (Å²) in [6, 6.07) is 7.48. The Hall–Kier alpha value is -2.83. The molecular formula is C20H26N4O3. The van der Waals surface area contributed by atoms with Crippen LogP contribution in [0.25, 0.3) is 0 Å². The molecule has 1 saturated heterocycles. The van der Waals surface area contributed by atoms with Crippen LogP contribution >= 0.6 is 0 Å². The zero-order chi connectivity index (χ0) is 19.2. The molecule has 2 heterocycles. The molecule has 1 aliphatic rings. The molecule has 1 fully saturated rings. The van der Waals surface area contributed by atoms with Crippen molar-refractivity contribution in [3.63, 3.8) is 0 Å². The summed E-state index contributed by atoms with van der Waals surface area (Å²) in [6.45, 7) is 2.77. The summed E-state index contributed by atoms with van der Waals surface area (Å²) >= 11 is 0. The van der Waals surface area contributed by atoms with E-state index in [4.69, 9.17) is 4.74 Å². The molecule has 0 bridgehead atoms. The number of hydrogen-bond acceptors (Lipinski definition) is 4. The van der Waals surface area contributed by atoms with Gasteiger partial charge in [-0.25, -0.2) is 4.98 Å². The fraction of sp³-hybridized carbons (Fsp3) is 0.450. The molecule has 144 valence electrons. The van der Waals surface area contributed by atoms with Crippen molar-refractivity contribution in [3.05, 3.63) is 48.0 Å². The van der Waals surface area contributed by atoms with Crippen LogP contribution in [0.4, 0.5) is 0 Å². The van der Waals surface area contributed by atoms with E-state index in [1.807, 2.05) is 23.1 Å². The maximum atomic E-state index is 13.0. The first-order chi connectivity index (χ1) is 13.1. The van der Waals surface area contributed by atoms with Gasteiger partial charge in [-0.15, -0.1) is 0 Å². The van der Waals surface area contributed by atoms with Crippen molar-refractivity contribution in [3.8, 4) is 5.75 Å². The third-order valence-electron chi connectivity index (χ3n) is 5.04. The lowest BCUT2D eigenvalue weighted by Gasteiger charge is -2.35. The predicted molar refractivity (Wildman–Crippen MR) is 101 cm³/mol. The summed E-state index contributed by atoms with van der Waals surface area (Å²) in [5.41, 5.74) is 2.02. The lowest BCUT2D eigenvalue weighted by molar-refractivity contribution is -0.137. The summed E-state index contributed by atoms with van der Waals surface area (Å²) in [7, 11) is 1.69. The number of ether oxygens (including phenoxy) is 1. The molecule has 27 heavy (non-hydrogen) atoms. The number of para-hydroxylation sites is 1. The van der Waals surface area contributed by atoms with E-state index >= 15 is 0 Å². The molecule has 0 spiro atoms. The van der Waals surface area contributed by atoms with E-state index in [1.165, 1.54) is 12.5 Å². The average molecular weight is 370 g/mol. The molecule has 2 aromatic rings. The van der Waals surface area contributed by atoms with Crippen LogP contribution in [0.5, 0.6) is 5.75 Å². The summed E-state index contributed by atoms with van der Waals surface area (Å²) in [5, 5.41) is 2.78. The van der Waals surface area contributed by atoms with Crippen molar-refractivity contribution in [2.24, 2.45) is 0 Å². The van der Waals surface area contributed by atoms with Crippen molar-refractivity contribution in [2.45, 2.75) is 38.1 Å². The number of likely N-dealkylation sites (tertiary alicyclic amines) is 1. The molecule has 2 amide bonds. The highest BCUT2D eigenvalue weighted by Crippen LogP contribution is 2.34. The van der Waals surface area contributed by atoms with Crippen LogP contribution in [0.15, 0.2) is 36.8 Å². The standard InChI is InChI=1S/C20H26N4O3/c1-14(25)23-18(11-16-12-21-13-22-16)20(26)24-9-7-15(8-10-24)17-5-3-4-6-19(17)27-2/h3-6,12-13,15,18H,7-11H2,1-2H3,(H,21,22)(H,23,25)/t18-/m0/s1. The van der Waals surface area contributed by atoms with E-state index in [2.05, 4.69) is 21.4 Å². The van der Waals surface area contributed by atoms with Crippen LogP contribution in [0.2, 0.25) is 0 Å². The molecule has 1 aliphatic heterocycles. The summed E-state index contributed by atoms with van der Waals surface area (Å²) in [6.07, 6.45) is 5.41. The average Bonchev–Trinajstić information content (AvgIpc) is 3.20. The number of carbonyl (C=O) groups is 2. The van der Waals surface area contributed by atoms with Gasteiger partial charge in [0, 0.05) is 38.3 Å². The normalized spacial score (nSPS) is 16.0. The Morgan fingerprint density at radius 3 is 2.70 bits per heavy atom. The third-order valence-corrected chi connectivity index (χ3v) is 5.04. The number of rotatable bonds is 6. The highest BCUT2D eigenvalue weighted by atomic mass is 16.5. The number of amides is 2. The minimum absolute atomic E-state index is 0.0433. The Balaban J connectivity index is 1.64. The minimum atomic E-state index is -0.578. The fourth-order valence-corrected chi connectivity index (χ4v) is 3.70. The SMILES string of the molecule is COc1ccccc1C1CCN(C(=O)[C@H](Cc2cnc[nH]2)NC(C)=O)CC1. The molecular weight excluding hydrogens is 344 g/mol. The van der Waals surface area contributed by atoms with Crippen molar-refractivity contribution < 1.29 is 14.3 Å². The van der Waals surface area contributed by atoms with E-state index in [0.29, 0.717) is 25.4 Å². The van der Waals surface area contributed by atoms with Crippen LogP contribution in [-0.2, 0) is 16.0 Å². The number of methoxy groups -OCH3 is 1. The predicted octanol–water partition coefficient (Wildman–Crippen LogP) is 1.87. The first kappa shape index (κ1) is 18.9. The van der Waals surface area contributed by atoms with Gasteiger partial charge in [0.25, 0.3) is 0 Å². The third kappa shape index (κ3) is 4.67. The van der Waals surface area contributed by atoms with Gasteiger partial charge in [-0.1, -0.05) is 18.2 Å². The minimum Gasteiger partial charge on any atom is -0.496 e. The van der Waals surface area contributed by atoms with Gasteiger partial charge in [0.2, 0.25) is 11.8 Å². The van der Waals surface area contributed by atoms with Crippen LogP contribution in [0.3, 0.4) is 0 Å². The van der Waals surface area contributed by atoms with E-state index in [1.54, 1.807) is 19.6 Å². The quantitative estimate of drug-likeness (QED) is 0.813. The number of carbonyl (C=O) groups excluding carboxylic acids is 2. The Morgan fingerprint density at radius 2 is 2.07 bits per heavy atom. The Bertz CT molecular complexity index is 767. The first-order valence-electron chi connectivity index (χ1n) is 9.24. The molecule has 0 aliphatic carbocycles. The van der Waals surface area contributed by atoms with Gasteiger partial charge in [0.15, 0.2) is 0 Å². The summed E-state index contributed by atoms with van der Waals surface area (Å²) < 4.78 is 5.48. The topological polar surface area (TPSA) is 87.3 Å². The number of benzene rings is 1. The van der Waals surface area contributed by atoms with Gasteiger partial charge in [-0.05, 0) is 30.4 Å². The molecule has 0 saturated carbocycles. The number of nitrogens with one attached hydrogen (secondary N) is 2. The maximum Gasteiger partial charge on any atom is 0.245 e. The second-order valence-electron chi connectivity index (χ2n) is 6.88. The van der Waals surface area contributed by atoms with E-state index in [0.717, 1.165) is 24.3 Å². The summed E-state index contributed by atoms with van der Waals surface area (Å²) in [5.74, 6) is 1.02. The van der Waals surface area contributed by atoms with Crippen LogP contribution < -0.4 is 10.1 Å². The first-order valence-corrected chi connectivity index (χ1v) is 9.24. The number of hydrogen-bond donors (Lipinski definition) is 2. The highest BCUT2D eigenvalue weighted by molar-refractivity contribution is 5.87. The monoisotopic (exact) mass is 370 g/mol. The van der Waals surface area contributed by atoms with Crippen LogP contribution in [-0.4, -0.2) is 52.9 Å². The number of imidazole rings is 1. The highest BCUT2D eigenvalue weighted by Gasteiger charge is 2.30. The number of aromatic nitrogens is 2. The molecule has 0 radical (unpaired) electrons. The molecule has 0 unspecified atom stereocenters. The largest absolute Gasteiger partial charge is 0.496 e. The zero-order valence-corrected chi connectivity index (χ0v) is 15.8. The number of piperidine rings is 1. The van der Waals surface area contributed by atoms with E-state index < -0.39 is 6.04 Å². The maximum absolute atomic E-state index is 13.0. The van der Waals surface area contributed by atoms with E-state index in [9.17, 15) is 9.59 Å². The van der Waals surface area contributed by atoms with Gasteiger partial charge < -0.3 is 19.9 Å². The summed E-state index contributed by atoms with van der Waals surface area (Å²) in [4.78, 5) is 33.4. The van der Waals surface area contributed by atoms with Gasteiger partial charge >= 0.3 is 0 Å². The molecule has 7 heteroatoms. The van der Waals surface area contributed by atoms with Crippen LogP contribution in [0, 0.1) is 0 Å². The lowest BCUT2D eigenvalue weighted by Crippen LogP contribution is -2.51. The Kier molecular flexibility index (Phi) is 6.11. The second kappa shape index (κ2) is 8.70. The van der Waals surface area contributed by atoms with Crippen molar-refractivity contribution in [1.82, 2.24) is 20.2 Å². The molecule has 1 aromatic carbocycles. The second-order valence-corrected chi connectivity index (χ2v) is 6.88. The van der Waals surface area contributed by atoms with Crippen molar-refractivity contribution in [1.29, 1.82) is 0 Å². The van der Waals surface area contributed by atoms with Gasteiger partial charge in [0.05, 0.1) is 13.4 Å². The molecule has 1 atom stereocenters. The van der Waals surface area contributed by atoms with Gasteiger partial charge in [0.1, 0.15) is 11.8 Å². The molecule has 2 N–H and O–H groups in total. The molecule has 7 nitrogen and oxygen atoms in total. The van der Waals surface area contributed by atoms with Crippen LogP contribution in [0.1, 0.15) is 36.9 Å². The Morgan fingerprint density at radius 1 is 1.33 bits per heavy atom. The zero-order valence-electron chi connectivity index (χ0n) is 15.8. The van der Waals surface area contributed by atoms with Crippen molar-refractivity contribution >= 4 is 11.8 Å². The smallest absolute Gasteiger partial charge is 0.245 e. The molecule has 1 aromatic heterocycles. The Labute approximate surface area is 159 Å². The van der Waals surface area contributed by atoms with Gasteiger partial charge in [-0.3, -0.25) is 9.59 Å². The number of nitrogens with zero attached hydrogens (tertiary/aromatic N) is 2. The number of aromatic amines is 1. The molecule has 3 rings (SSSR count).